The average molecular weight is 314 g/mol. The smallest absolute Gasteiger partial charge is 0.334 e. The molecule has 0 bridgehead atoms. The first-order valence-corrected chi connectivity index (χ1v) is 6.98. The number of imide groups is 1. The largest absolute Gasteiger partial charge is 0.479 e. The fourth-order valence-electron chi connectivity index (χ4n) is 3.55. The number of rotatable bonds is 2. The van der Waals surface area contributed by atoms with E-state index in [2.05, 4.69) is 0 Å². The molecule has 3 atom stereocenters. The summed E-state index contributed by atoms with van der Waals surface area (Å²) in [5.74, 6) is -3.84. The standard InChI is InChI=1S/C15H10N2O6/c18-9-5-8-10(14(21)16(8)11(9)15(22)23)17-12(19)6-3-1-2-4-7(6)13(17)20/h1-4,8,10-11H,5H2,(H,22,23)/t8?,10?,11-/m0/s1. The minimum Gasteiger partial charge on any atom is -0.479 e. The molecule has 2 saturated heterocycles. The Morgan fingerprint density at radius 2 is 1.61 bits per heavy atom. The molecule has 3 amide bonds. The van der Waals surface area contributed by atoms with Gasteiger partial charge in [-0.15, -0.1) is 0 Å². The number of carboxylic acids is 1. The maximum Gasteiger partial charge on any atom is 0.334 e. The van der Waals surface area contributed by atoms with E-state index in [4.69, 9.17) is 5.11 Å². The molecule has 1 aromatic rings. The van der Waals surface area contributed by atoms with Crippen LogP contribution in [-0.4, -0.2) is 62.5 Å². The molecule has 3 aliphatic rings. The second-order valence-electron chi connectivity index (χ2n) is 5.69. The molecule has 0 saturated carbocycles. The van der Waals surface area contributed by atoms with E-state index in [0.29, 0.717) is 0 Å². The number of nitrogens with zero attached hydrogens (tertiary/aromatic N) is 2. The summed E-state index contributed by atoms with van der Waals surface area (Å²) >= 11 is 0. The van der Waals surface area contributed by atoms with Crippen molar-refractivity contribution in [2.24, 2.45) is 0 Å². The molecule has 1 N–H and O–H groups in total. The van der Waals surface area contributed by atoms with Gasteiger partial charge in [0.05, 0.1) is 17.2 Å². The van der Waals surface area contributed by atoms with Crippen molar-refractivity contribution < 1.29 is 29.1 Å². The molecule has 3 aliphatic heterocycles. The Labute approximate surface area is 129 Å². The Kier molecular flexibility index (Phi) is 2.52. The molecule has 4 rings (SSSR count). The highest BCUT2D eigenvalue weighted by molar-refractivity contribution is 6.24. The highest BCUT2D eigenvalue weighted by Crippen LogP contribution is 2.39. The topological polar surface area (TPSA) is 112 Å². The predicted octanol–water partition coefficient (Wildman–Crippen LogP) is -0.712. The molecule has 116 valence electrons. The van der Waals surface area contributed by atoms with Crippen molar-refractivity contribution in [2.45, 2.75) is 24.5 Å². The first kappa shape index (κ1) is 13.6. The zero-order chi connectivity index (χ0) is 16.5. The third-order valence-corrected chi connectivity index (χ3v) is 4.56. The van der Waals surface area contributed by atoms with Crippen LogP contribution in [0.4, 0.5) is 0 Å². The van der Waals surface area contributed by atoms with Crippen LogP contribution >= 0.6 is 0 Å². The fraction of sp³-hybridized carbons (Fsp3) is 0.267. The Hall–Kier alpha value is -3.03. The normalized spacial score (nSPS) is 28.8. The number of carboxylic acid groups (broad SMARTS) is 1. The number of aliphatic carboxylic acids is 1. The molecule has 8 nitrogen and oxygen atoms in total. The van der Waals surface area contributed by atoms with Gasteiger partial charge in [-0.25, -0.2) is 4.79 Å². The maximum absolute atomic E-state index is 12.4. The number of benzene rings is 1. The summed E-state index contributed by atoms with van der Waals surface area (Å²) in [4.78, 5) is 61.8. The number of Topliss-reactive ketones (excluding diaryl/α,β-unsaturated/α-hetero) is 1. The summed E-state index contributed by atoms with van der Waals surface area (Å²) in [6.07, 6.45) is -0.166. The first-order valence-electron chi connectivity index (χ1n) is 6.98. The number of hydrogen-bond donors (Lipinski definition) is 1. The van der Waals surface area contributed by atoms with Crippen molar-refractivity contribution in [1.82, 2.24) is 9.80 Å². The first-order chi connectivity index (χ1) is 10.9. The van der Waals surface area contributed by atoms with Gasteiger partial charge < -0.3 is 10.0 Å². The van der Waals surface area contributed by atoms with E-state index >= 15 is 0 Å². The van der Waals surface area contributed by atoms with E-state index in [9.17, 15) is 24.0 Å². The average Bonchev–Trinajstić information content (AvgIpc) is 2.96. The number of fused-ring (bicyclic) bond motifs is 2. The summed E-state index contributed by atoms with van der Waals surface area (Å²) in [7, 11) is 0. The highest BCUT2D eigenvalue weighted by atomic mass is 16.4. The molecule has 8 heteroatoms. The number of hydrogen-bond acceptors (Lipinski definition) is 5. The van der Waals surface area contributed by atoms with E-state index in [0.717, 1.165) is 9.80 Å². The number of carbonyl (C=O) groups excluding carboxylic acids is 4. The molecule has 0 radical (unpaired) electrons. The predicted molar refractivity (Wildman–Crippen MR) is 72.4 cm³/mol. The van der Waals surface area contributed by atoms with Crippen LogP contribution in [0.1, 0.15) is 27.1 Å². The minimum absolute atomic E-state index is 0.166. The molecule has 0 spiro atoms. The van der Waals surface area contributed by atoms with Crippen molar-refractivity contribution in [1.29, 1.82) is 0 Å². The lowest BCUT2D eigenvalue weighted by Gasteiger charge is -2.46. The molecular weight excluding hydrogens is 304 g/mol. The molecule has 0 aromatic heterocycles. The van der Waals surface area contributed by atoms with Gasteiger partial charge in [-0.05, 0) is 12.1 Å². The third-order valence-electron chi connectivity index (χ3n) is 4.56. The van der Waals surface area contributed by atoms with Gasteiger partial charge in [0.2, 0.25) is 5.91 Å². The summed E-state index contributed by atoms with van der Waals surface area (Å²) in [5, 5.41) is 9.06. The SMILES string of the molecule is O=C(O)[C@@H]1C(=O)CC2C(N3C(=O)c4ccccc4C3=O)C(=O)N21. The summed E-state index contributed by atoms with van der Waals surface area (Å²) < 4.78 is 0. The van der Waals surface area contributed by atoms with E-state index in [1.807, 2.05) is 0 Å². The van der Waals surface area contributed by atoms with Gasteiger partial charge in [-0.3, -0.25) is 24.1 Å². The van der Waals surface area contributed by atoms with Gasteiger partial charge in [0.15, 0.2) is 11.8 Å². The Morgan fingerprint density at radius 3 is 2.13 bits per heavy atom. The van der Waals surface area contributed by atoms with Crippen LogP contribution in [-0.2, 0) is 14.4 Å². The van der Waals surface area contributed by atoms with Crippen molar-refractivity contribution in [3.05, 3.63) is 35.4 Å². The van der Waals surface area contributed by atoms with Crippen LogP contribution in [0.5, 0.6) is 0 Å². The fourth-order valence-corrected chi connectivity index (χ4v) is 3.55. The quantitative estimate of drug-likeness (QED) is 0.438. The number of ketones is 1. The van der Waals surface area contributed by atoms with Crippen LogP contribution in [0.3, 0.4) is 0 Å². The van der Waals surface area contributed by atoms with Crippen LogP contribution in [0.15, 0.2) is 24.3 Å². The van der Waals surface area contributed by atoms with Crippen molar-refractivity contribution in [3.8, 4) is 0 Å². The lowest BCUT2D eigenvalue weighted by molar-refractivity contribution is -0.164. The summed E-state index contributed by atoms with van der Waals surface area (Å²) in [5.41, 5.74) is 0.422. The highest BCUT2D eigenvalue weighted by Gasteiger charge is 2.64. The third kappa shape index (κ3) is 1.52. The molecule has 2 unspecified atom stereocenters. The van der Waals surface area contributed by atoms with Gasteiger partial charge >= 0.3 is 5.97 Å². The molecular formula is C15H10N2O6. The molecule has 1 aromatic carbocycles. The second-order valence-corrected chi connectivity index (χ2v) is 5.69. The zero-order valence-corrected chi connectivity index (χ0v) is 11.6. The van der Waals surface area contributed by atoms with E-state index in [1.54, 1.807) is 12.1 Å². The van der Waals surface area contributed by atoms with Gasteiger partial charge in [0, 0.05) is 6.42 Å². The van der Waals surface area contributed by atoms with Crippen molar-refractivity contribution >= 4 is 29.5 Å². The number of amides is 3. The van der Waals surface area contributed by atoms with Crippen molar-refractivity contribution in [2.75, 3.05) is 0 Å². The second kappa shape index (κ2) is 4.25. The zero-order valence-electron chi connectivity index (χ0n) is 11.6. The molecule has 2 fully saturated rings. The lowest BCUT2D eigenvalue weighted by atomic mass is 9.94. The van der Waals surface area contributed by atoms with Crippen LogP contribution in [0, 0.1) is 0 Å². The molecule has 23 heavy (non-hydrogen) atoms. The number of β-lactam (4-membered cyclic amide) rings is 1. The Bertz CT molecular complexity index is 781. The van der Waals surface area contributed by atoms with Gasteiger partial charge in [0.1, 0.15) is 6.04 Å². The molecule has 3 heterocycles. The van der Waals surface area contributed by atoms with Crippen LogP contribution in [0.2, 0.25) is 0 Å². The summed E-state index contributed by atoms with van der Waals surface area (Å²) in [6, 6.07) is 2.85. The summed E-state index contributed by atoms with van der Waals surface area (Å²) in [6.45, 7) is 0. The van der Waals surface area contributed by atoms with Crippen LogP contribution in [0.25, 0.3) is 0 Å². The van der Waals surface area contributed by atoms with E-state index in [-0.39, 0.29) is 17.5 Å². The minimum atomic E-state index is -1.51. The van der Waals surface area contributed by atoms with E-state index in [1.165, 1.54) is 12.1 Å². The number of carbonyl (C=O) groups is 5. The van der Waals surface area contributed by atoms with E-state index < -0.39 is 47.6 Å². The maximum atomic E-state index is 12.4. The van der Waals surface area contributed by atoms with Gasteiger partial charge in [-0.2, -0.15) is 0 Å². The van der Waals surface area contributed by atoms with Gasteiger partial charge in [0.25, 0.3) is 11.8 Å². The monoisotopic (exact) mass is 314 g/mol. The molecule has 0 aliphatic carbocycles. The van der Waals surface area contributed by atoms with Crippen molar-refractivity contribution in [3.63, 3.8) is 0 Å². The van der Waals surface area contributed by atoms with Crippen LogP contribution < -0.4 is 0 Å². The lowest BCUT2D eigenvalue weighted by Crippen LogP contribution is -2.71. The Morgan fingerprint density at radius 1 is 1.04 bits per heavy atom. The Balaban J connectivity index is 1.69. The van der Waals surface area contributed by atoms with Gasteiger partial charge in [-0.1, -0.05) is 12.1 Å².